The van der Waals surface area contributed by atoms with E-state index in [1.807, 2.05) is 37.3 Å². The zero-order chi connectivity index (χ0) is 11.7. The minimum absolute atomic E-state index is 0.325. The van der Waals surface area contributed by atoms with E-state index in [0.29, 0.717) is 5.02 Å². The summed E-state index contributed by atoms with van der Waals surface area (Å²) < 4.78 is 6.42. The maximum absolute atomic E-state index is 6.13. The van der Waals surface area contributed by atoms with Crippen LogP contribution >= 0.6 is 27.5 Å². The van der Waals surface area contributed by atoms with Gasteiger partial charge >= 0.3 is 0 Å². The standard InChI is InChI=1S/C12H11BrClNO/c1-7-2-5-11(16-7)12(15)9-4-3-8(13)6-10(9)14/h2-6,12H,15H2,1H3. The lowest BCUT2D eigenvalue weighted by Crippen LogP contribution is -2.11. The molecule has 0 fully saturated rings. The monoisotopic (exact) mass is 299 g/mol. The van der Waals surface area contributed by atoms with Gasteiger partial charge < -0.3 is 10.2 Å². The average Bonchev–Trinajstić information content (AvgIpc) is 2.64. The number of hydrogen-bond acceptors (Lipinski definition) is 2. The summed E-state index contributed by atoms with van der Waals surface area (Å²) in [5, 5.41) is 0.635. The Morgan fingerprint density at radius 1 is 1.31 bits per heavy atom. The van der Waals surface area contributed by atoms with Crippen molar-refractivity contribution in [3.05, 3.63) is 56.9 Å². The Morgan fingerprint density at radius 3 is 2.62 bits per heavy atom. The smallest absolute Gasteiger partial charge is 0.125 e. The van der Waals surface area contributed by atoms with Gasteiger partial charge in [-0.25, -0.2) is 0 Å². The predicted molar refractivity (Wildman–Crippen MR) is 68.6 cm³/mol. The fraction of sp³-hybridized carbons (Fsp3) is 0.167. The van der Waals surface area contributed by atoms with E-state index < -0.39 is 0 Å². The van der Waals surface area contributed by atoms with Crippen LogP contribution in [0.1, 0.15) is 23.1 Å². The molecule has 1 aromatic heterocycles. The van der Waals surface area contributed by atoms with E-state index in [9.17, 15) is 0 Å². The Hall–Kier alpha value is -0.770. The first-order valence-electron chi connectivity index (χ1n) is 4.85. The largest absolute Gasteiger partial charge is 0.464 e. The van der Waals surface area contributed by atoms with E-state index >= 15 is 0 Å². The van der Waals surface area contributed by atoms with Gasteiger partial charge in [0, 0.05) is 9.50 Å². The summed E-state index contributed by atoms with van der Waals surface area (Å²) in [6, 6.07) is 9.08. The Balaban J connectivity index is 2.37. The molecular weight excluding hydrogens is 289 g/mol. The highest BCUT2D eigenvalue weighted by molar-refractivity contribution is 9.10. The zero-order valence-corrected chi connectivity index (χ0v) is 11.0. The van der Waals surface area contributed by atoms with E-state index in [4.69, 9.17) is 21.8 Å². The fourth-order valence-electron chi connectivity index (χ4n) is 1.53. The van der Waals surface area contributed by atoms with Crippen LogP contribution in [0, 0.1) is 6.92 Å². The van der Waals surface area contributed by atoms with E-state index in [-0.39, 0.29) is 6.04 Å². The third-order valence-corrected chi connectivity index (χ3v) is 3.19. The maximum atomic E-state index is 6.13. The van der Waals surface area contributed by atoms with Gasteiger partial charge in [0.05, 0.1) is 6.04 Å². The van der Waals surface area contributed by atoms with E-state index in [0.717, 1.165) is 21.6 Å². The molecule has 0 amide bonds. The van der Waals surface area contributed by atoms with Crippen molar-refractivity contribution in [1.82, 2.24) is 0 Å². The van der Waals surface area contributed by atoms with Crippen LogP contribution in [0.2, 0.25) is 5.02 Å². The topological polar surface area (TPSA) is 39.2 Å². The highest BCUT2D eigenvalue weighted by atomic mass is 79.9. The van der Waals surface area contributed by atoms with Crippen molar-refractivity contribution < 1.29 is 4.42 Å². The van der Waals surface area contributed by atoms with Gasteiger partial charge in [-0.3, -0.25) is 0 Å². The molecule has 84 valence electrons. The molecule has 0 saturated carbocycles. The molecule has 0 bridgehead atoms. The second-order valence-electron chi connectivity index (χ2n) is 3.59. The van der Waals surface area contributed by atoms with Crippen molar-refractivity contribution >= 4 is 27.5 Å². The molecule has 0 saturated heterocycles. The molecule has 2 aromatic rings. The molecule has 0 aliphatic carbocycles. The van der Waals surface area contributed by atoms with Crippen molar-refractivity contribution in [3.8, 4) is 0 Å². The summed E-state index contributed by atoms with van der Waals surface area (Å²) in [4.78, 5) is 0. The molecule has 0 radical (unpaired) electrons. The highest BCUT2D eigenvalue weighted by Crippen LogP contribution is 2.29. The maximum Gasteiger partial charge on any atom is 0.125 e. The number of furan rings is 1. The van der Waals surface area contributed by atoms with Crippen molar-refractivity contribution in [1.29, 1.82) is 0 Å². The Morgan fingerprint density at radius 2 is 2.06 bits per heavy atom. The summed E-state index contributed by atoms with van der Waals surface area (Å²) in [6.07, 6.45) is 0. The van der Waals surface area contributed by atoms with Crippen LogP contribution in [0.25, 0.3) is 0 Å². The van der Waals surface area contributed by atoms with Gasteiger partial charge in [-0.1, -0.05) is 33.6 Å². The Kier molecular flexibility index (Phi) is 3.38. The molecule has 0 aliphatic heterocycles. The number of halogens is 2. The van der Waals surface area contributed by atoms with Crippen molar-refractivity contribution in [2.75, 3.05) is 0 Å². The molecule has 1 aromatic carbocycles. The molecule has 16 heavy (non-hydrogen) atoms. The molecule has 1 unspecified atom stereocenters. The Labute approximate surface area is 108 Å². The van der Waals surface area contributed by atoms with E-state index in [1.54, 1.807) is 0 Å². The number of hydrogen-bond donors (Lipinski definition) is 1. The van der Waals surface area contributed by atoms with E-state index in [2.05, 4.69) is 15.9 Å². The van der Waals surface area contributed by atoms with Gasteiger partial charge in [-0.15, -0.1) is 0 Å². The number of aryl methyl sites for hydroxylation is 1. The minimum atomic E-state index is -0.325. The first-order chi connectivity index (χ1) is 7.58. The van der Waals surface area contributed by atoms with Crippen molar-refractivity contribution in [2.45, 2.75) is 13.0 Å². The number of nitrogens with two attached hydrogens (primary N) is 1. The SMILES string of the molecule is Cc1ccc(C(N)c2ccc(Br)cc2Cl)o1. The predicted octanol–water partition coefficient (Wildman–Crippen LogP) is 4.05. The van der Waals surface area contributed by atoms with Crippen LogP contribution in [0.15, 0.2) is 39.2 Å². The molecular formula is C12H11BrClNO. The molecule has 0 aliphatic rings. The molecule has 4 heteroatoms. The second-order valence-corrected chi connectivity index (χ2v) is 4.91. The summed E-state index contributed by atoms with van der Waals surface area (Å²) >= 11 is 9.49. The fourth-order valence-corrected chi connectivity index (χ4v) is 2.32. The van der Waals surface area contributed by atoms with Gasteiger partial charge in [0.15, 0.2) is 0 Å². The number of rotatable bonds is 2. The van der Waals surface area contributed by atoms with Crippen LogP contribution in [-0.4, -0.2) is 0 Å². The van der Waals surface area contributed by atoms with Crippen LogP contribution < -0.4 is 5.73 Å². The minimum Gasteiger partial charge on any atom is -0.464 e. The second kappa shape index (κ2) is 4.62. The van der Waals surface area contributed by atoms with Crippen LogP contribution in [0.3, 0.4) is 0 Å². The normalized spacial score (nSPS) is 12.8. The van der Waals surface area contributed by atoms with Crippen molar-refractivity contribution in [2.24, 2.45) is 5.73 Å². The summed E-state index contributed by atoms with van der Waals surface area (Å²) in [6.45, 7) is 1.89. The Bertz CT molecular complexity index is 509. The lowest BCUT2D eigenvalue weighted by atomic mass is 10.1. The number of benzene rings is 1. The average molecular weight is 301 g/mol. The molecule has 2 N–H and O–H groups in total. The first kappa shape index (κ1) is 11.7. The van der Waals surface area contributed by atoms with Gasteiger partial charge in [-0.05, 0) is 36.8 Å². The van der Waals surface area contributed by atoms with Crippen LogP contribution in [-0.2, 0) is 0 Å². The van der Waals surface area contributed by atoms with E-state index in [1.165, 1.54) is 0 Å². The molecule has 1 atom stereocenters. The third kappa shape index (κ3) is 2.32. The molecule has 2 rings (SSSR count). The van der Waals surface area contributed by atoms with Gasteiger partial charge in [-0.2, -0.15) is 0 Å². The molecule has 1 heterocycles. The third-order valence-electron chi connectivity index (χ3n) is 2.37. The van der Waals surface area contributed by atoms with Gasteiger partial charge in [0.1, 0.15) is 11.5 Å². The molecule has 2 nitrogen and oxygen atoms in total. The zero-order valence-electron chi connectivity index (χ0n) is 8.71. The van der Waals surface area contributed by atoms with Crippen molar-refractivity contribution in [3.63, 3.8) is 0 Å². The van der Waals surface area contributed by atoms with Crippen LogP contribution in [0.4, 0.5) is 0 Å². The molecule has 0 spiro atoms. The summed E-state index contributed by atoms with van der Waals surface area (Å²) in [5.41, 5.74) is 6.95. The quantitative estimate of drug-likeness (QED) is 0.908. The van der Waals surface area contributed by atoms with Gasteiger partial charge in [0.2, 0.25) is 0 Å². The van der Waals surface area contributed by atoms with Gasteiger partial charge in [0.25, 0.3) is 0 Å². The first-order valence-corrected chi connectivity index (χ1v) is 6.02. The summed E-state index contributed by atoms with van der Waals surface area (Å²) in [7, 11) is 0. The summed E-state index contributed by atoms with van der Waals surface area (Å²) in [5.74, 6) is 1.57. The van der Waals surface area contributed by atoms with Crippen LogP contribution in [0.5, 0.6) is 0 Å². The lowest BCUT2D eigenvalue weighted by Gasteiger charge is -2.11. The lowest BCUT2D eigenvalue weighted by molar-refractivity contribution is 0.466. The highest BCUT2D eigenvalue weighted by Gasteiger charge is 2.15.